The van der Waals surface area contributed by atoms with E-state index in [2.05, 4.69) is 4.74 Å². The molecule has 3 nitrogen and oxygen atoms in total. The zero-order chi connectivity index (χ0) is 9.56. The van der Waals surface area contributed by atoms with E-state index in [4.69, 9.17) is 4.43 Å². The van der Waals surface area contributed by atoms with Gasteiger partial charge in [-0.1, -0.05) is 5.57 Å². The highest BCUT2D eigenvalue weighted by Crippen LogP contribution is 2.08. The molecule has 0 spiro atoms. The number of rotatable bonds is 4. The molecule has 0 aromatic rings. The lowest BCUT2D eigenvalue weighted by Gasteiger charge is -2.05. The second-order valence-corrected chi connectivity index (χ2v) is 3.22. The predicted octanol–water partition coefficient (Wildman–Crippen LogP) is 0.183. The monoisotopic (exact) mass is 188 g/mol. The van der Waals surface area contributed by atoms with Crippen LogP contribution in [0.5, 0.6) is 0 Å². The SMILES string of the molecule is COC(=O)C(C)=C(C)CCO[SiH3]. The molecule has 0 aromatic carbocycles. The third-order valence-corrected chi connectivity index (χ3v) is 2.22. The summed E-state index contributed by atoms with van der Waals surface area (Å²) in [6, 6.07) is 0. The van der Waals surface area contributed by atoms with Gasteiger partial charge in [0.25, 0.3) is 0 Å². The van der Waals surface area contributed by atoms with Gasteiger partial charge in [-0.15, -0.1) is 0 Å². The van der Waals surface area contributed by atoms with E-state index in [1.165, 1.54) is 7.11 Å². The summed E-state index contributed by atoms with van der Waals surface area (Å²) in [6.07, 6.45) is 0.810. The van der Waals surface area contributed by atoms with Gasteiger partial charge in [-0.25, -0.2) is 4.79 Å². The Hall–Kier alpha value is -0.613. The van der Waals surface area contributed by atoms with Crippen molar-refractivity contribution in [3.05, 3.63) is 11.1 Å². The molecule has 0 aliphatic carbocycles. The Morgan fingerprint density at radius 2 is 2.00 bits per heavy atom. The van der Waals surface area contributed by atoms with E-state index in [0.29, 0.717) is 12.2 Å². The summed E-state index contributed by atoms with van der Waals surface area (Å²) in [5, 5.41) is 0. The van der Waals surface area contributed by atoms with Gasteiger partial charge in [-0.2, -0.15) is 0 Å². The standard InChI is InChI=1S/C8H16O3Si/c1-6(4-5-11-12)7(2)8(9)10-3/h4-5H2,1-3,12H3. The first-order chi connectivity index (χ1) is 5.63. The van der Waals surface area contributed by atoms with E-state index in [1.807, 2.05) is 6.92 Å². The molecule has 0 aliphatic rings. The fourth-order valence-corrected chi connectivity index (χ4v) is 0.974. The van der Waals surface area contributed by atoms with Gasteiger partial charge >= 0.3 is 5.97 Å². The van der Waals surface area contributed by atoms with Crippen molar-refractivity contribution in [3.8, 4) is 0 Å². The highest BCUT2D eigenvalue weighted by Gasteiger charge is 2.06. The molecule has 0 saturated heterocycles. The molecule has 0 N–H and O–H groups in total. The van der Waals surface area contributed by atoms with E-state index in [9.17, 15) is 4.79 Å². The lowest BCUT2D eigenvalue weighted by Crippen LogP contribution is -2.05. The van der Waals surface area contributed by atoms with Crippen LogP contribution in [0, 0.1) is 0 Å². The van der Waals surface area contributed by atoms with Crippen molar-refractivity contribution in [1.82, 2.24) is 0 Å². The highest BCUT2D eigenvalue weighted by atomic mass is 28.2. The zero-order valence-corrected chi connectivity index (χ0v) is 10.1. The number of ether oxygens (including phenoxy) is 1. The van der Waals surface area contributed by atoms with Crippen LogP contribution < -0.4 is 0 Å². The molecule has 0 atom stereocenters. The van der Waals surface area contributed by atoms with Gasteiger partial charge in [0, 0.05) is 12.2 Å². The number of carbonyl (C=O) groups is 1. The Morgan fingerprint density at radius 1 is 1.42 bits per heavy atom. The molecule has 0 heterocycles. The average Bonchev–Trinajstić information content (AvgIpc) is 2.11. The topological polar surface area (TPSA) is 35.5 Å². The fraction of sp³-hybridized carbons (Fsp3) is 0.625. The van der Waals surface area contributed by atoms with Crippen LogP contribution in [0.2, 0.25) is 0 Å². The van der Waals surface area contributed by atoms with Gasteiger partial charge in [-0.3, -0.25) is 0 Å². The number of hydrogen-bond donors (Lipinski definition) is 0. The molecule has 0 saturated carbocycles. The van der Waals surface area contributed by atoms with Gasteiger partial charge in [0.2, 0.25) is 0 Å². The van der Waals surface area contributed by atoms with Crippen LogP contribution in [-0.2, 0) is 14.0 Å². The normalized spacial score (nSPS) is 12.6. The lowest BCUT2D eigenvalue weighted by atomic mass is 10.1. The van der Waals surface area contributed by atoms with Crippen LogP contribution in [0.4, 0.5) is 0 Å². The summed E-state index contributed by atoms with van der Waals surface area (Å²) in [7, 11) is 2.14. The summed E-state index contributed by atoms with van der Waals surface area (Å²) in [4.78, 5) is 11.0. The minimum atomic E-state index is -0.249. The molecule has 0 radical (unpaired) electrons. The van der Waals surface area contributed by atoms with Gasteiger partial charge in [0.15, 0.2) is 0 Å². The second kappa shape index (κ2) is 5.96. The second-order valence-electron chi connectivity index (χ2n) is 2.64. The molecular weight excluding hydrogens is 172 g/mol. The average molecular weight is 188 g/mol. The quantitative estimate of drug-likeness (QED) is 0.359. The Kier molecular flexibility index (Phi) is 5.66. The Morgan fingerprint density at radius 3 is 2.42 bits per heavy atom. The van der Waals surface area contributed by atoms with Crippen LogP contribution in [-0.4, -0.2) is 30.2 Å². The van der Waals surface area contributed by atoms with Crippen LogP contribution in [0.1, 0.15) is 20.3 Å². The van der Waals surface area contributed by atoms with Crippen molar-refractivity contribution >= 4 is 16.5 Å². The van der Waals surface area contributed by atoms with Crippen LogP contribution >= 0.6 is 0 Å². The molecule has 0 aromatic heterocycles. The maximum Gasteiger partial charge on any atom is 0.333 e. The molecule has 0 fully saturated rings. The van der Waals surface area contributed by atoms with E-state index >= 15 is 0 Å². The number of esters is 1. The molecule has 4 heteroatoms. The number of carbonyl (C=O) groups excluding carboxylic acids is 1. The Labute approximate surface area is 76.3 Å². The minimum Gasteiger partial charge on any atom is -0.466 e. The highest BCUT2D eigenvalue weighted by molar-refractivity contribution is 5.97. The Balaban J connectivity index is 4.15. The Bertz CT molecular complexity index is 187. The molecule has 0 amide bonds. The van der Waals surface area contributed by atoms with E-state index < -0.39 is 0 Å². The molecule has 12 heavy (non-hydrogen) atoms. The molecule has 70 valence electrons. The van der Waals surface area contributed by atoms with Gasteiger partial charge in [0.1, 0.15) is 10.5 Å². The molecule has 0 bridgehead atoms. The van der Waals surface area contributed by atoms with Crippen molar-refractivity contribution < 1.29 is 14.0 Å². The first-order valence-electron chi connectivity index (χ1n) is 3.87. The van der Waals surface area contributed by atoms with E-state index in [1.54, 1.807) is 6.92 Å². The fourth-order valence-electron chi connectivity index (χ4n) is 0.770. The van der Waals surface area contributed by atoms with Crippen molar-refractivity contribution in [1.29, 1.82) is 0 Å². The van der Waals surface area contributed by atoms with Crippen molar-refractivity contribution in [2.75, 3.05) is 13.7 Å². The first-order valence-corrected chi connectivity index (χ1v) is 4.68. The minimum absolute atomic E-state index is 0.249. The van der Waals surface area contributed by atoms with E-state index in [0.717, 1.165) is 22.5 Å². The number of methoxy groups -OCH3 is 1. The summed E-state index contributed by atoms with van der Waals surface area (Å²) in [6.45, 7) is 4.40. The summed E-state index contributed by atoms with van der Waals surface area (Å²) in [5.41, 5.74) is 1.73. The maximum absolute atomic E-state index is 11.0. The van der Waals surface area contributed by atoms with Crippen LogP contribution in [0.15, 0.2) is 11.1 Å². The third-order valence-electron chi connectivity index (χ3n) is 1.81. The van der Waals surface area contributed by atoms with Crippen molar-refractivity contribution in [3.63, 3.8) is 0 Å². The number of hydrogen-bond acceptors (Lipinski definition) is 3. The molecule has 0 unspecified atom stereocenters. The van der Waals surface area contributed by atoms with Crippen molar-refractivity contribution in [2.24, 2.45) is 0 Å². The predicted molar refractivity (Wildman–Crippen MR) is 50.9 cm³/mol. The molecule has 0 rings (SSSR count). The molecular formula is C8H16O3Si. The maximum atomic E-state index is 11.0. The smallest absolute Gasteiger partial charge is 0.333 e. The van der Waals surface area contributed by atoms with Crippen molar-refractivity contribution in [2.45, 2.75) is 20.3 Å². The lowest BCUT2D eigenvalue weighted by molar-refractivity contribution is -0.136. The van der Waals surface area contributed by atoms with E-state index in [-0.39, 0.29) is 5.97 Å². The zero-order valence-electron chi connectivity index (χ0n) is 8.14. The van der Waals surface area contributed by atoms with Crippen LogP contribution in [0.3, 0.4) is 0 Å². The largest absolute Gasteiger partial charge is 0.466 e. The molecule has 0 aliphatic heterocycles. The summed E-state index contributed by atoms with van der Waals surface area (Å²) in [5.74, 6) is -0.249. The summed E-state index contributed by atoms with van der Waals surface area (Å²) < 4.78 is 9.61. The first kappa shape index (κ1) is 11.4. The van der Waals surface area contributed by atoms with Crippen LogP contribution in [0.25, 0.3) is 0 Å². The summed E-state index contributed by atoms with van der Waals surface area (Å²) >= 11 is 0. The van der Waals surface area contributed by atoms with Gasteiger partial charge in [-0.05, 0) is 20.3 Å². The van der Waals surface area contributed by atoms with Gasteiger partial charge < -0.3 is 9.16 Å². The third kappa shape index (κ3) is 3.68. The van der Waals surface area contributed by atoms with Gasteiger partial charge in [0.05, 0.1) is 7.11 Å².